The van der Waals surface area contributed by atoms with E-state index in [2.05, 4.69) is 10.1 Å². The first-order valence-corrected chi connectivity index (χ1v) is 5.86. The number of hydrogen-bond acceptors (Lipinski definition) is 4. The Morgan fingerprint density at radius 1 is 1.47 bits per heavy atom. The van der Waals surface area contributed by atoms with Gasteiger partial charge in [0.05, 0.1) is 13.7 Å². The van der Waals surface area contributed by atoms with Gasteiger partial charge in [0.15, 0.2) is 11.5 Å². The smallest absolute Gasteiger partial charge is 0.216 e. The van der Waals surface area contributed by atoms with E-state index in [1.165, 1.54) is 0 Å². The predicted molar refractivity (Wildman–Crippen MR) is 62.3 cm³/mol. The first-order chi connectivity index (χ1) is 8.38. The number of methoxy groups -OCH3 is 1. The Morgan fingerprint density at radius 2 is 2.41 bits per heavy atom. The lowest BCUT2D eigenvalue weighted by Crippen LogP contribution is -2.16. The average molecular weight is 233 g/mol. The van der Waals surface area contributed by atoms with E-state index < -0.39 is 0 Å². The van der Waals surface area contributed by atoms with Crippen LogP contribution in [-0.2, 0) is 4.74 Å². The fourth-order valence-corrected chi connectivity index (χ4v) is 2.17. The number of hydrogen-bond donors (Lipinski definition) is 0. The average Bonchev–Trinajstić information content (AvgIpc) is 2.83. The molecule has 2 aromatic heterocycles. The van der Waals surface area contributed by atoms with Crippen LogP contribution in [0.5, 0.6) is 5.88 Å². The van der Waals surface area contributed by atoms with Crippen molar-refractivity contribution in [2.45, 2.75) is 18.8 Å². The third-order valence-electron chi connectivity index (χ3n) is 3.08. The molecule has 1 unspecified atom stereocenters. The molecular formula is C12H15N3O2. The van der Waals surface area contributed by atoms with Crippen LogP contribution in [0.1, 0.15) is 24.6 Å². The van der Waals surface area contributed by atoms with Crippen LogP contribution in [0.2, 0.25) is 0 Å². The second-order valence-corrected chi connectivity index (χ2v) is 4.22. The molecule has 17 heavy (non-hydrogen) atoms. The monoisotopic (exact) mass is 233 g/mol. The highest BCUT2D eigenvalue weighted by molar-refractivity contribution is 5.41. The molecule has 0 bridgehead atoms. The molecule has 3 heterocycles. The topological polar surface area (TPSA) is 48.7 Å². The summed E-state index contributed by atoms with van der Waals surface area (Å²) < 4.78 is 12.5. The summed E-state index contributed by atoms with van der Waals surface area (Å²) in [6.45, 7) is 1.58. The highest BCUT2D eigenvalue weighted by Crippen LogP contribution is 2.24. The van der Waals surface area contributed by atoms with Crippen molar-refractivity contribution < 1.29 is 9.47 Å². The molecule has 1 atom stereocenters. The zero-order chi connectivity index (χ0) is 11.7. The molecular weight excluding hydrogens is 218 g/mol. The minimum absolute atomic E-state index is 0.313. The number of pyridine rings is 1. The Balaban J connectivity index is 2.00. The Kier molecular flexibility index (Phi) is 2.68. The van der Waals surface area contributed by atoms with E-state index in [-0.39, 0.29) is 0 Å². The Morgan fingerprint density at radius 3 is 3.18 bits per heavy atom. The third-order valence-corrected chi connectivity index (χ3v) is 3.08. The normalized spacial score (nSPS) is 20.6. The molecule has 0 spiro atoms. The SMILES string of the molecule is COc1cccc2nc(C3CCCOC3)nn12. The van der Waals surface area contributed by atoms with Crippen molar-refractivity contribution in [2.75, 3.05) is 20.3 Å². The lowest BCUT2D eigenvalue weighted by molar-refractivity contribution is 0.0781. The molecule has 0 amide bonds. The molecule has 5 heteroatoms. The molecule has 0 aromatic carbocycles. The van der Waals surface area contributed by atoms with Crippen LogP contribution >= 0.6 is 0 Å². The van der Waals surface area contributed by atoms with E-state index in [1.54, 1.807) is 11.6 Å². The summed E-state index contributed by atoms with van der Waals surface area (Å²) in [5.74, 6) is 1.88. The zero-order valence-electron chi connectivity index (χ0n) is 9.80. The summed E-state index contributed by atoms with van der Waals surface area (Å²) in [6.07, 6.45) is 2.18. The van der Waals surface area contributed by atoms with Crippen LogP contribution in [0.3, 0.4) is 0 Å². The van der Waals surface area contributed by atoms with Gasteiger partial charge in [-0.2, -0.15) is 4.52 Å². The lowest BCUT2D eigenvalue weighted by atomic mass is 10.0. The first-order valence-electron chi connectivity index (χ1n) is 5.86. The van der Waals surface area contributed by atoms with Gasteiger partial charge in [-0.25, -0.2) is 4.98 Å². The molecule has 1 fully saturated rings. The van der Waals surface area contributed by atoms with Crippen molar-refractivity contribution >= 4 is 5.65 Å². The van der Waals surface area contributed by atoms with Crippen LogP contribution in [0.15, 0.2) is 18.2 Å². The Labute approximate surface area is 99.4 Å². The molecule has 1 aliphatic heterocycles. The van der Waals surface area contributed by atoms with Gasteiger partial charge in [-0.05, 0) is 18.9 Å². The molecule has 0 N–H and O–H groups in total. The molecule has 2 aromatic rings. The molecule has 1 saturated heterocycles. The molecule has 0 aliphatic carbocycles. The van der Waals surface area contributed by atoms with Gasteiger partial charge in [0.25, 0.3) is 0 Å². The van der Waals surface area contributed by atoms with E-state index in [9.17, 15) is 0 Å². The van der Waals surface area contributed by atoms with Gasteiger partial charge in [0.1, 0.15) is 0 Å². The van der Waals surface area contributed by atoms with Crippen LogP contribution in [0.4, 0.5) is 0 Å². The largest absolute Gasteiger partial charge is 0.481 e. The fourth-order valence-electron chi connectivity index (χ4n) is 2.17. The zero-order valence-corrected chi connectivity index (χ0v) is 9.80. The Bertz CT molecular complexity index is 517. The van der Waals surface area contributed by atoms with Crippen LogP contribution < -0.4 is 4.74 Å². The van der Waals surface area contributed by atoms with Gasteiger partial charge in [-0.15, -0.1) is 5.10 Å². The van der Waals surface area contributed by atoms with Gasteiger partial charge in [0.2, 0.25) is 5.88 Å². The van der Waals surface area contributed by atoms with Gasteiger partial charge in [0, 0.05) is 18.6 Å². The summed E-state index contributed by atoms with van der Waals surface area (Å²) >= 11 is 0. The maximum Gasteiger partial charge on any atom is 0.216 e. The predicted octanol–water partition coefficient (Wildman–Crippen LogP) is 1.63. The van der Waals surface area contributed by atoms with E-state index in [1.807, 2.05) is 18.2 Å². The van der Waals surface area contributed by atoms with Crippen LogP contribution in [0, 0.1) is 0 Å². The van der Waals surface area contributed by atoms with Crippen molar-refractivity contribution in [3.05, 3.63) is 24.0 Å². The fraction of sp³-hybridized carbons (Fsp3) is 0.500. The van der Waals surface area contributed by atoms with Crippen LogP contribution in [0.25, 0.3) is 5.65 Å². The maximum atomic E-state index is 5.47. The number of ether oxygens (including phenoxy) is 2. The molecule has 3 rings (SSSR count). The van der Waals surface area contributed by atoms with Crippen LogP contribution in [-0.4, -0.2) is 34.9 Å². The molecule has 0 saturated carbocycles. The van der Waals surface area contributed by atoms with E-state index >= 15 is 0 Å². The third kappa shape index (κ3) is 1.86. The second kappa shape index (κ2) is 4.33. The van der Waals surface area contributed by atoms with Gasteiger partial charge in [-0.3, -0.25) is 0 Å². The van der Waals surface area contributed by atoms with Gasteiger partial charge in [-0.1, -0.05) is 6.07 Å². The highest BCUT2D eigenvalue weighted by atomic mass is 16.5. The maximum absolute atomic E-state index is 5.47. The highest BCUT2D eigenvalue weighted by Gasteiger charge is 2.21. The number of nitrogens with zero attached hydrogens (tertiary/aromatic N) is 3. The molecule has 90 valence electrons. The lowest BCUT2D eigenvalue weighted by Gasteiger charge is -2.18. The van der Waals surface area contributed by atoms with Gasteiger partial charge < -0.3 is 9.47 Å². The van der Waals surface area contributed by atoms with Crippen molar-refractivity contribution in [1.29, 1.82) is 0 Å². The van der Waals surface area contributed by atoms with E-state index in [0.717, 1.165) is 37.5 Å². The van der Waals surface area contributed by atoms with E-state index in [0.29, 0.717) is 11.8 Å². The first kappa shape index (κ1) is 10.5. The Hall–Kier alpha value is -1.62. The summed E-state index contributed by atoms with van der Waals surface area (Å²) in [7, 11) is 1.64. The summed E-state index contributed by atoms with van der Waals surface area (Å²) in [5, 5.41) is 4.51. The van der Waals surface area contributed by atoms with Crippen molar-refractivity contribution in [2.24, 2.45) is 0 Å². The minimum Gasteiger partial charge on any atom is -0.481 e. The standard InChI is InChI=1S/C12H15N3O2/c1-16-11-6-2-5-10-13-12(14-15(10)11)9-4-3-7-17-8-9/h2,5-6,9H,3-4,7-8H2,1H3. The second-order valence-electron chi connectivity index (χ2n) is 4.22. The van der Waals surface area contributed by atoms with Crippen molar-refractivity contribution in [3.8, 4) is 5.88 Å². The summed E-state index contributed by atoms with van der Waals surface area (Å²) in [6, 6.07) is 5.73. The number of aromatic nitrogens is 3. The van der Waals surface area contributed by atoms with Crippen molar-refractivity contribution in [1.82, 2.24) is 14.6 Å². The minimum atomic E-state index is 0.313. The molecule has 0 radical (unpaired) electrons. The number of fused-ring (bicyclic) bond motifs is 1. The van der Waals surface area contributed by atoms with Crippen molar-refractivity contribution in [3.63, 3.8) is 0 Å². The number of rotatable bonds is 2. The molecule has 5 nitrogen and oxygen atoms in total. The van der Waals surface area contributed by atoms with E-state index in [4.69, 9.17) is 9.47 Å². The van der Waals surface area contributed by atoms with Gasteiger partial charge >= 0.3 is 0 Å². The quantitative estimate of drug-likeness (QED) is 0.791. The summed E-state index contributed by atoms with van der Waals surface area (Å²) in [4.78, 5) is 4.54. The summed E-state index contributed by atoms with van der Waals surface area (Å²) in [5.41, 5.74) is 0.824. The molecule has 1 aliphatic rings.